The highest BCUT2D eigenvalue weighted by Crippen LogP contribution is 2.19. The summed E-state index contributed by atoms with van der Waals surface area (Å²) in [5.41, 5.74) is 0.463. The molecule has 19 heavy (non-hydrogen) atoms. The maximum Gasteiger partial charge on any atom is 0.269 e. The number of hydrogen-bond acceptors (Lipinski definition) is 5. The summed E-state index contributed by atoms with van der Waals surface area (Å²) in [5.74, 6) is 0.235. The van der Waals surface area contributed by atoms with Crippen molar-refractivity contribution in [1.29, 1.82) is 0 Å². The minimum atomic E-state index is -0.486. The van der Waals surface area contributed by atoms with Crippen LogP contribution in [-0.2, 0) is 0 Å². The number of carbonyl (C=O) groups is 1. The van der Waals surface area contributed by atoms with Crippen molar-refractivity contribution in [3.63, 3.8) is 0 Å². The molecule has 0 spiro atoms. The van der Waals surface area contributed by atoms with Crippen LogP contribution in [0.2, 0.25) is 0 Å². The molecule has 0 bridgehead atoms. The molecular weight excluding hydrogens is 264 g/mol. The van der Waals surface area contributed by atoms with E-state index in [4.69, 9.17) is 0 Å². The minimum Gasteiger partial charge on any atom is -0.293 e. The predicted octanol–water partition coefficient (Wildman–Crippen LogP) is 2.96. The molecule has 0 amide bonds. The van der Waals surface area contributed by atoms with Gasteiger partial charge in [-0.3, -0.25) is 19.9 Å². The lowest BCUT2D eigenvalue weighted by atomic mass is 10.1. The van der Waals surface area contributed by atoms with Gasteiger partial charge in [-0.25, -0.2) is 0 Å². The Balaban J connectivity index is 1.98. The Hall–Kier alpha value is -2.21. The zero-order valence-electron chi connectivity index (χ0n) is 9.85. The fraction of sp³-hybridized carbons (Fsp3) is 0.0769. The number of benzene rings is 1. The molecule has 0 unspecified atom stereocenters. The predicted molar refractivity (Wildman–Crippen MR) is 72.4 cm³/mol. The number of rotatable bonds is 5. The lowest BCUT2D eigenvalue weighted by molar-refractivity contribution is -0.384. The third kappa shape index (κ3) is 3.62. The second kappa shape index (κ2) is 6.10. The zero-order valence-corrected chi connectivity index (χ0v) is 10.7. The molecule has 2 rings (SSSR count). The van der Waals surface area contributed by atoms with E-state index in [0.717, 1.165) is 4.90 Å². The smallest absolute Gasteiger partial charge is 0.269 e. The van der Waals surface area contributed by atoms with Crippen LogP contribution in [0.3, 0.4) is 0 Å². The van der Waals surface area contributed by atoms with E-state index in [-0.39, 0.29) is 11.5 Å². The molecule has 96 valence electrons. The Labute approximate surface area is 113 Å². The number of nitro groups is 1. The molecule has 0 fully saturated rings. The van der Waals surface area contributed by atoms with Crippen LogP contribution in [0.1, 0.15) is 10.4 Å². The molecule has 1 heterocycles. The molecule has 0 N–H and O–H groups in total. The van der Waals surface area contributed by atoms with Gasteiger partial charge in [0.15, 0.2) is 5.78 Å². The highest BCUT2D eigenvalue weighted by Gasteiger charge is 2.09. The van der Waals surface area contributed by atoms with Gasteiger partial charge in [-0.1, -0.05) is 0 Å². The molecule has 0 radical (unpaired) electrons. The lowest BCUT2D eigenvalue weighted by Crippen LogP contribution is -2.02. The van der Waals surface area contributed by atoms with Gasteiger partial charge in [0.25, 0.3) is 5.69 Å². The van der Waals surface area contributed by atoms with E-state index >= 15 is 0 Å². The van der Waals surface area contributed by atoms with Crippen molar-refractivity contribution in [2.45, 2.75) is 4.90 Å². The third-order valence-electron chi connectivity index (χ3n) is 2.42. The molecule has 0 aliphatic carbocycles. The van der Waals surface area contributed by atoms with Gasteiger partial charge < -0.3 is 0 Å². The van der Waals surface area contributed by atoms with Crippen molar-refractivity contribution in [3.05, 3.63) is 64.5 Å². The Bertz CT molecular complexity index is 585. The number of ketones is 1. The molecule has 0 saturated carbocycles. The van der Waals surface area contributed by atoms with E-state index in [0.29, 0.717) is 11.3 Å². The minimum absolute atomic E-state index is 0.0154. The highest BCUT2D eigenvalue weighted by atomic mass is 32.2. The fourth-order valence-electron chi connectivity index (χ4n) is 1.44. The van der Waals surface area contributed by atoms with Crippen LogP contribution in [-0.4, -0.2) is 21.4 Å². The summed E-state index contributed by atoms with van der Waals surface area (Å²) in [6, 6.07) is 9.29. The van der Waals surface area contributed by atoms with E-state index < -0.39 is 4.92 Å². The van der Waals surface area contributed by atoms with Crippen LogP contribution < -0.4 is 0 Å². The van der Waals surface area contributed by atoms with E-state index in [1.54, 1.807) is 12.4 Å². The Kier molecular flexibility index (Phi) is 4.25. The topological polar surface area (TPSA) is 73.1 Å². The summed E-state index contributed by atoms with van der Waals surface area (Å²) in [7, 11) is 0. The molecule has 1 aromatic heterocycles. The Morgan fingerprint density at radius 2 is 1.79 bits per heavy atom. The first-order chi connectivity index (χ1) is 9.16. The van der Waals surface area contributed by atoms with E-state index in [1.807, 2.05) is 12.1 Å². The van der Waals surface area contributed by atoms with Crippen LogP contribution in [0.5, 0.6) is 0 Å². The summed E-state index contributed by atoms with van der Waals surface area (Å²) in [6.07, 6.45) is 3.33. The average Bonchev–Trinajstić information content (AvgIpc) is 2.46. The van der Waals surface area contributed by atoms with Gasteiger partial charge in [-0.05, 0) is 24.3 Å². The number of nitrogens with zero attached hydrogens (tertiary/aromatic N) is 2. The molecule has 6 heteroatoms. The van der Waals surface area contributed by atoms with E-state index in [1.165, 1.54) is 36.0 Å². The van der Waals surface area contributed by atoms with Crippen LogP contribution in [0.25, 0.3) is 0 Å². The van der Waals surface area contributed by atoms with Crippen molar-refractivity contribution < 1.29 is 9.72 Å². The van der Waals surface area contributed by atoms with Crippen molar-refractivity contribution in [3.8, 4) is 0 Å². The quantitative estimate of drug-likeness (QED) is 0.363. The van der Waals surface area contributed by atoms with Crippen molar-refractivity contribution >= 4 is 23.2 Å². The molecule has 5 nitrogen and oxygen atoms in total. The summed E-state index contributed by atoms with van der Waals surface area (Å²) < 4.78 is 0. The van der Waals surface area contributed by atoms with E-state index in [9.17, 15) is 14.9 Å². The molecule has 0 aliphatic rings. The second-order valence-corrected chi connectivity index (χ2v) is 4.75. The Morgan fingerprint density at radius 1 is 1.16 bits per heavy atom. The van der Waals surface area contributed by atoms with Crippen LogP contribution in [0, 0.1) is 10.1 Å². The fourth-order valence-corrected chi connectivity index (χ4v) is 2.21. The first-order valence-corrected chi connectivity index (χ1v) is 6.46. The number of Topliss-reactive ketones (excluding diaryl/α,β-unsaturated/α-hetero) is 1. The summed E-state index contributed by atoms with van der Waals surface area (Å²) in [6.45, 7) is 0. The molecule has 0 aliphatic heterocycles. The number of non-ortho nitro benzene ring substituents is 1. The largest absolute Gasteiger partial charge is 0.293 e. The SMILES string of the molecule is O=C(CSc1ccncc1)c1ccc([N+](=O)[O-])cc1. The van der Waals surface area contributed by atoms with Crippen molar-refractivity contribution in [1.82, 2.24) is 4.98 Å². The van der Waals surface area contributed by atoms with Crippen LogP contribution >= 0.6 is 11.8 Å². The normalized spacial score (nSPS) is 10.1. The number of aromatic nitrogens is 1. The van der Waals surface area contributed by atoms with Crippen molar-refractivity contribution in [2.24, 2.45) is 0 Å². The average molecular weight is 274 g/mol. The first-order valence-electron chi connectivity index (χ1n) is 5.47. The Morgan fingerprint density at radius 3 is 2.37 bits per heavy atom. The molecular formula is C13H10N2O3S. The molecule has 0 saturated heterocycles. The summed E-state index contributed by atoms with van der Waals surface area (Å²) in [4.78, 5) is 26.8. The van der Waals surface area contributed by atoms with Crippen molar-refractivity contribution in [2.75, 3.05) is 5.75 Å². The highest BCUT2D eigenvalue weighted by molar-refractivity contribution is 8.00. The van der Waals surface area contributed by atoms with Gasteiger partial charge in [-0.2, -0.15) is 0 Å². The summed E-state index contributed by atoms with van der Waals surface area (Å²) in [5, 5.41) is 10.5. The van der Waals surface area contributed by atoms with Gasteiger partial charge in [-0.15, -0.1) is 11.8 Å². The molecule has 1 aromatic carbocycles. The second-order valence-electron chi connectivity index (χ2n) is 3.70. The first kappa shape index (κ1) is 13.2. The summed E-state index contributed by atoms with van der Waals surface area (Å²) >= 11 is 1.41. The molecule has 0 atom stereocenters. The zero-order chi connectivity index (χ0) is 13.7. The van der Waals surface area contributed by atoms with Gasteiger partial charge in [0.05, 0.1) is 10.7 Å². The van der Waals surface area contributed by atoms with Gasteiger partial charge >= 0.3 is 0 Å². The molecule has 2 aromatic rings. The van der Waals surface area contributed by atoms with E-state index in [2.05, 4.69) is 4.98 Å². The van der Waals surface area contributed by atoms with Gasteiger partial charge in [0.2, 0.25) is 0 Å². The number of nitro benzene ring substituents is 1. The van der Waals surface area contributed by atoms with Gasteiger partial charge in [0.1, 0.15) is 0 Å². The van der Waals surface area contributed by atoms with Crippen LogP contribution in [0.4, 0.5) is 5.69 Å². The van der Waals surface area contributed by atoms with Gasteiger partial charge in [0, 0.05) is 35.0 Å². The maximum absolute atomic E-state index is 11.9. The third-order valence-corrected chi connectivity index (χ3v) is 3.43. The number of hydrogen-bond donors (Lipinski definition) is 0. The number of pyridine rings is 1. The monoisotopic (exact) mass is 274 g/mol. The van der Waals surface area contributed by atoms with Crippen LogP contribution in [0.15, 0.2) is 53.7 Å². The lowest BCUT2D eigenvalue weighted by Gasteiger charge is -2.01. The maximum atomic E-state index is 11.9. The number of carbonyl (C=O) groups excluding carboxylic acids is 1. The number of thioether (sulfide) groups is 1. The standard InChI is InChI=1S/C13H10N2O3S/c16-13(9-19-12-5-7-14-8-6-12)10-1-3-11(4-2-10)15(17)18/h1-8H,9H2.